The van der Waals surface area contributed by atoms with Crippen molar-refractivity contribution in [2.24, 2.45) is 5.92 Å². The number of fused-ring (bicyclic) bond motifs is 1. The number of ketones is 2. The van der Waals surface area contributed by atoms with Gasteiger partial charge in [-0.05, 0) is 91.6 Å². The van der Waals surface area contributed by atoms with Crippen LogP contribution < -0.4 is 0 Å². The zero-order valence-corrected chi connectivity index (χ0v) is 34.3. The first-order valence-corrected chi connectivity index (χ1v) is 17.5. The van der Waals surface area contributed by atoms with Gasteiger partial charge in [0.25, 0.3) is 0 Å². The number of allylic oxidation sites excluding steroid dienone is 1. The number of aliphatic hydroxyl groups excluding tert-OH is 1. The molecule has 57 heavy (non-hydrogen) atoms. The molecular formula is C43H37BiClO12. The summed E-state index contributed by atoms with van der Waals surface area (Å²) in [6.07, 6.45) is 3.42. The van der Waals surface area contributed by atoms with Crippen LogP contribution in [0.5, 0.6) is 17.2 Å². The number of benzene rings is 5. The number of carboxylic acids is 3. The van der Waals surface area contributed by atoms with Crippen molar-refractivity contribution in [1.29, 1.82) is 0 Å². The van der Waals surface area contributed by atoms with Crippen molar-refractivity contribution in [3.05, 3.63) is 165 Å². The number of aromatic carboxylic acids is 3. The third-order valence-corrected chi connectivity index (χ3v) is 9.26. The molecule has 5 aromatic carbocycles. The Kier molecular flexibility index (Phi) is 17.0. The van der Waals surface area contributed by atoms with E-state index >= 15 is 0 Å². The van der Waals surface area contributed by atoms with Crippen LogP contribution in [-0.2, 0) is 4.79 Å². The summed E-state index contributed by atoms with van der Waals surface area (Å²) in [5.41, 5.74) is 2.14. The molecule has 0 aliphatic heterocycles. The van der Waals surface area contributed by atoms with Crippen LogP contribution in [0.4, 0.5) is 0 Å². The number of carboxylic acid groups (broad SMARTS) is 3. The number of rotatable bonds is 5. The smallest absolute Gasteiger partial charge is 0.339 e. The third-order valence-electron chi connectivity index (χ3n) is 9.01. The van der Waals surface area contributed by atoms with Crippen molar-refractivity contribution in [2.45, 2.75) is 31.6 Å². The van der Waals surface area contributed by atoms with Crippen LogP contribution in [0.1, 0.15) is 84.2 Å². The maximum Gasteiger partial charge on any atom is 0.339 e. The van der Waals surface area contributed by atoms with E-state index in [0.717, 1.165) is 30.7 Å². The molecule has 0 aromatic heterocycles. The molecule has 14 heteroatoms. The molecule has 0 bridgehead atoms. The van der Waals surface area contributed by atoms with Crippen molar-refractivity contribution < 1.29 is 59.7 Å². The fourth-order valence-corrected chi connectivity index (χ4v) is 6.30. The van der Waals surface area contributed by atoms with Crippen LogP contribution >= 0.6 is 11.6 Å². The van der Waals surface area contributed by atoms with Gasteiger partial charge in [-0.1, -0.05) is 84.4 Å². The molecule has 5 aromatic rings. The van der Waals surface area contributed by atoms with E-state index in [4.69, 9.17) is 42.2 Å². The summed E-state index contributed by atoms with van der Waals surface area (Å²) >= 11 is 5.96. The summed E-state index contributed by atoms with van der Waals surface area (Å²) < 4.78 is 0. The van der Waals surface area contributed by atoms with Gasteiger partial charge in [-0.25, -0.2) is 14.4 Å². The molecule has 0 heterocycles. The van der Waals surface area contributed by atoms with Gasteiger partial charge < -0.3 is 35.7 Å². The molecule has 2 aliphatic rings. The molecule has 1 saturated carbocycles. The summed E-state index contributed by atoms with van der Waals surface area (Å²) in [7, 11) is 0. The molecule has 0 unspecified atom stereocenters. The Morgan fingerprint density at radius 1 is 0.474 bits per heavy atom. The molecular weight excluding hydrogens is 953 g/mol. The number of aliphatic hydroxyl groups is 1. The first kappa shape index (κ1) is 45.4. The van der Waals surface area contributed by atoms with Crippen LogP contribution in [0.2, 0.25) is 5.02 Å². The molecule has 0 spiro atoms. The van der Waals surface area contributed by atoms with E-state index in [9.17, 15) is 29.1 Å². The van der Waals surface area contributed by atoms with Gasteiger partial charge in [0.1, 0.15) is 39.7 Å². The van der Waals surface area contributed by atoms with Crippen LogP contribution in [-0.4, -0.2) is 91.4 Å². The summed E-state index contributed by atoms with van der Waals surface area (Å²) in [4.78, 5) is 55.8. The molecule has 3 radical (unpaired) electrons. The molecule has 1 fully saturated rings. The van der Waals surface area contributed by atoms with Crippen molar-refractivity contribution in [2.75, 3.05) is 0 Å². The average molecular weight is 990 g/mol. The molecule has 7 N–H and O–H groups in total. The van der Waals surface area contributed by atoms with Gasteiger partial charge >= 0.3 is 17.9 Å². The Labute approximate surface area is 351 Å². The first-order valence-electron chi connectivity index (χ1n) is 17.1. The molecule has 293 valence electrons. The van der Waals surface area contributed by atoms with Crippen molar-refractivity contribution in [3.63, 3.8) is 0 Å². The molecule has 7 rings (SSSR count). The molecule has 0 atom stereocenters. The SMILES string of the molecule is O=C(O)c1ccccc1O.O=C(O)c1ccccc1O.O=C(O)c1ccccc1O.O=C1C(=O)c2ccccc2C(O)=C1C1CCC(c2ccc(Cl)cc2)CC1.[Bi]. The third kappa shape index (κ3) is 12.0. The van der Waals surface area contributed by atoms with E-state index in [0.29, 0.717) is 22.6 Å². The van der Waals surface area contributed by atoms with E-state index < -0.39 is 29.5 Å². The van der Waals surface area contributed by atoms with Gasteiger partial charge in [-0.3, -0.25) is 9.59 Å². The zero-order chi connectivity index (χ0) is 40.9. The number of aromatic hydroxyl groups is 3. The number of halogens is 1. The molecule has 2 aliphatic carbocycles. The van der Waals surface area contributed by atoms with Crippen LogP contribution in [0.15, 0.2) is 127 Å². The van der Waals surface area contributed by atoms with Crippen LogP contribution in [0, 0.1) is 5.92 Å². The van der Waals surface area contributed by atoms with E-state index in [2.05, 4.69) is 12.1 Å². The Balaban J connectivity index is 0.000000232. The topological polar surface area (TPSA) is 227 Å². The number of hydrogen-bond donors (Lipinski definition) is 7. The fraction of sp³-hybridized carbons (Fsp3) is 0.140. The second-order valence-corrected chi connectivity index (χ2v) is 13.0. The summed E-state index contributed by atoms with van der Waals surface area (Å²) in [5.74, 6) is -4.64. The largest absolute Gasteiger partial charge is 0.507 e. The van der Waals surface area contributed by atoms with Crippen molar-refractivity contribution >= 4 is 73.0 Å². The number of Topliss-reactive ketones (excluding diaryl/α,β-unsaturated/α-hetero) is 2. The summed E-state index contributed by atoms with van der Waals surface area (Å²) in [5, 5.41) is 63.3. The van der Waals surface area contributed by atoms with Gasteiger partial charge in [0.05, 0.1) is 0 Å². The van der Waals surface area contributed by atoms with Crippen molar-refractivity contribution in [3.8, 4) is 17.2 Å². The van der Waals surface area contributed by atoms with E-state index in [1.54, 1.807) is 60.7 Å². The van der Waals surface area contributed by atoms with E-state index in [1.807, 2.05) is 12.1 Å². The number of phenols is 3. The number of carbonyl (C=O) groups is 5. The Morgan fingerprint density at radius 3 is 1.19 bits per heavy atom. The minimum absolute atomic E-state index is 0. The van der Waals surface area contributed by atoms with Crippen LogP contribution in [0.3, 0.4) is 0 Å². The van der Waals surface area contributed by atoms with Gasteiger partial charge in [-0.15, -0.1) is 0 Å². The standard InChI is InChI=1S/C22H19ClO3.3C7H6O3.Bi/c23-16-11-9-14(10-12-16)13-5-7-15(8-6-13)19-20(24)17-3-1-2-4-18(17)21(25)22(19)26;3*8-6-4-2-1-3-5(6)7(9)10;/h1-4,9-13,15,24H,5-8H2;3*1-4,8H,(H,9,10);. The summed E-state index contributed by atoms with van der Waals surface area (Å²) in [6.45, 7) is 0. The predicted octanol–water partition coefficient (Wildman–Crippen LogP) is 8.24. The zero-order valence-electron chi connectivity index (χ0n) is 30.0. The number of carbonyl (C=O) groups excluding carboxylic acids is 2. The Morgan fingerprint density at radius 2 is 0.825 bits per heavy atom. The van der Waals surface area contributed by atoms with Crippen molar-refractivity contribution in [1.82, 2.24) is 0 Å². The second-order valence-electron chi connectivity index (χ2n) is 12.5. The monoisotopic (exact) mass is 989 g/mol. The normalized spacial score (nSPS) is 15.4. The van der Waals surface area contributed by atoms with Gasteiger partial charge in [0, 0.05) is 47.9 Å². The molecule has 12 nitrogen and oxygen atoms in total. The van der Waals surface area contributed by atoms with Gasteiger partial charge in [0.2, 0.25) is 11.6 Å². The minimum atomic E-state index is -1.11. The minimum Gasteiger partial charge on any atom is -0.507 e. The van der Waals surface area contributed by atoms with Gasteiger partial charge in [-0.2, -0.15) is 0 Å². The maximum atomic E-state index is 12.6. The Bertz CT molecular complexity index is 2130. The fourth-order valence-electron chi connectivity index (χ4n) is 6.18. The number of hydrogen-bond acceptors (Lipinski definition) is 9. The summed E-state index contributed by atoms with van der Waals surface area (Å²) in [6, 6.07) is 32.1. The molecule has 0 amide bonds. The molecule has 0 saturated heterocycles. The van der Waals surface area contributed by atoms with E-state index in [-0.39, 0.29) is 71.8 Å². The second kappa shape index (κ2) is 21.3. The van der Waals surface area contributed by atoms with E-state index in [1.165, 1.54) is 42.0 Å². The van der Waals surface area contributed by atoms with Gasteiger partial charge in [0.15, 0.2) is 0 Å². The van der Waals surface area contributed by atoms with Crippen LogP contribution in [0.25, 0.3) is 5.76 Å². The predicted molar refractivity (Wildman–Crippen MR) is 212 cm³/mol. The quantitative estimate of drug-likeness (QED) is 0.0653. The Hall–Kier alpha value is -6.04. The number of para-hydroxylation sites is 3. The first-order chi connectivity index (χ1) is 26.7. The average Bonchev–Trinajstić information content (AvgIpc) is 3.19. The maximum absolute atomic E-state index is 12.6.